The van der Waals surface area contributed by atoms with Crippen molar-refractivity contribution in [3.05, 3.63) is 88.9 Å². The molecule has 7 heterocycles. The Morgan fingerprint density at radius 3 is 2.55 bits per heavy atom. The Labute approximate surface area is 427 Å². The molecule has 2 bridgehead atoms. The first kappa shape index (κ1) is 49.8. The Kier molecular flexibility index (Phi) is 14.1. The minimum Gasteiger partial charge on any atom is -0.508 e. The molecule has 4 aliphatic heterocycles. The zero-order valence-electron chi connectivity index (χ0n) is 41.5. The Morgan fingerprint density at radius 2 is 1.82 bits per heavy atom. The number of amides is 3. The maximum atomic E-state index is 17.2. The van der Waals surface area contributed by atoms with E-state index in [0.717, 1.165) is 53.9 Å². The van der Waals surface area contributed by atoms with Gasteiger partial charge in [-0.1, -0.05) is 63.1 Å². The summed E-state index contributed by atoms with van der Waals surface area (Å²) in [5, 5.41) is 32.8. The average Bonchev–Trinajstić information content (AvgIpc) is 4.19. The van der Waals surface area contributed by atoms with E-state index in [1.165, 1.54) is 11.0 Å². The Balaban J connectivity index is 0.811. The standard InChI is InChI=1S/C55H61FN10O6S/c1-6-33-9-7-10-35-21-39(67)22-41(45(33)35)47-46(56)48-42(25-57-47)51(65-26-36-16-17-37(27-65)60-36)63-54(62-48)72-29-38-11-8-19-64(38)20-18-44(69)61-50(55(3,4)5)53(71)66-28-40(68)23-43(66)52(70)58-24-32-12-14-34(15-13-32)49-31(2)59-30-73-49/h1,7,9-10,12-15,21-22,25,30,36-38,40,43,50,60,67-68H,8,11,16-20,23-24,26-29H2,2-5H3,(H,58,70)(H,61,69)/t36?,37?,38-,40-,43+,50-/m0/s1. The second-order valence-corrected chi connectivity index (χ2v) is 21.8. The minimum absolute atomic E-state index is 0.0118. The summed E-state index contributed by atoms with van der Waals surface area (Å²) >= 11 is 1.57. The molecule has 16 nitrogen and oxygen atoms in total. The van der Waals surface area contributed by atoms with Crippen molar-refractivity contribution in [1.82, 2.24) is 45.7 Å². The molecule has 3 aromatic carbocycles. The number of nitrogens with zero attached hydrogens (tertiary/aromatic N) is 7. The summed E-state index contributed by atoms with van der Waals surface area (Å²) in [7, 11) is 0. The van der Waals surface area contributed by atoms with Crippen molar-refractivity contribution in [3.63, 3.8) is 0 Å². The fourth-order valence-corrected chi connectivity index (χ4v) is 11.8. The topological polar surface area (TPSA) is 198 Å². The van der Waals surface area contributed by atoms with Gasteiger partial charge in [-0.05, 0) is 79.3 Å². The number of terminal acetylenes is 1. The van der Waals surface area contributed by atoms with Crippen molar-refractivity contribution < 1.29 is 33.7 Å². The highest BCUT2D eigenvalue weighted by Crippen LogP contribution is 2.39. The highest BCUT2D eigenvalue weighted by Gasteiger charge is 2.45. The number of aryl methyl sites for hydroxylation is 1. The number of halogens is 1. The van der Waals surface area contributed by atoms with Crippen LogP contribution in [0.25, 0.3) is 43.4 Å². The van der Waals surface area contributed by atoms with Crippen LogP contribution in [0.2, 0.25) is 0 Å². The van der Waals surface area contributed by atoms with E-state index in [1.54, 1.807) is 41.8 Å². The van der Waals surface area contributed by atoms with E-state index in [4.69, 9.17) is 16.1 Å². The highest BCUT2D eigenvalue weighted by atomic mass is 32.1. The van der Waals surface area contributed by atoms with Crippen LogP contribution in [0, 0.1) is 30.5 Å². The number of phenolic OH excluding ortho intramolecular Hbond substituents is 1. The Hall–Kier alpha value is -6.78. The first-order valence-electron chi connectivity index (χ1n) is 25.1. The van der Waals surface area contributed by atoms with E-state index >= 15 is 4.39 Å². The van der Waals surface area contributed by atoms with Gasteiger partial charge in [0.2, 0.25) is 17.7 Å². The number of rotatable bonds is 14. The summed E-state index contributed by atoms with van der Waals surface area (Å²) in [4.78, 5) is 67.2. The molecule has 0 saturated carbocycles. The van der Waals surface area contributed by atoms with Crippen molar-refractivity contribution in [1.29, 1.82) is 0 Å². The van der Waals surface area contributed by atoms with E-state index in [9.17, 15) is 24.6 Å². The third kappa shape index (κ3) is 10.4. The van der Waals surface area contributed by atoms with E-state index in [-0.39, 0.29) is 85.4 Å². The van der Waals surface area contributed by atoms with Gasteiger partial charge in [0, 0.05) is 86.4 Å². The predicted octanol–water partition coefficient (Wildman–Crippen LogP) is 6.09. The van der Waals surface area contributed by atoms with Crippen LogP contribution in [-0.2, 0) is 20.9 Å². The number of aliphatic hydroxyl groups is 1. The lowest BCUT2D eigenvalue weighted by atomic mass is 9.85. The van der Waals surface area contributed by atoms with Gasteiger partial charge in [0.15, 0.2) is 5.82 Å². The molecular weight excluding hydrogens is 948 g/mol. The summed E-state index contributed by atoms with van der Waals surface area (Å²) in [5.74, 6) is 1.35. The van der Waals surface area contributed by atoms with Crippen LogP contribution >= 0.6 is 11.3 Å². The molecule has 3 aromatic heterocycles. The predicted molar refractivity (Wildman–Crippen MR) is 278 cm³/mol. The smallest absolute Gasteiger partial charge is 0.319 e. The number of hydrogen-bond donors (Lipinski definition) is 5. The second-order valence-electron chi connectivity index (χ2n) is 20.9. The molecule has 0 spiro atoms. The number of pyridine rings is 1. The molecule has 2 unspecified atom stereocenters. The second kappa shape index (κ2) is 20.6. The largest absolute Gasteiger partial charge is 0.508 e. The van der Waals surface area contributed by atoms with Gasteiger partial charge in [-0.25, -0.2) is 9.37 Å². The molecule has 0 aliphatic carbocycles. The minimum atomic E-state index is -0.965. The number of aliphatic hydroxyl groups excluding tert-OH is 1. The summed E-state index contributed by atoms with van der Waals surface area (Å²) < 4.78 is 23.6. The van der Waals surface area contributed by atoms with Crippen LogP contribution in [0.15, 0.2) is 66.3 Å². The lowest BCUT2D eigenvalue weighted by molar-refractivity contribution is -0.144. The van der Waals surface area contributed by atoms with Crippen molar-refractivity contribution >= 4 is 56.6 Å². The number of ether oxygens (including phenoxy) is 1. The fourth-order valence-electron chi connectivity index (χ4n) is 11.0. The van der Waals surface area contributed by atoms with E-state index in [2.05, 4.69) is 46.6 Å². The van der Waals surface area contributed by atoms with Crippen molar-refractivity contribution in [2.24, 2.45) is 5.41 Å². The number of phenols is 1. The van der Waals surface area contributed by atoms with Gasteiger partial charge < -0.3 is 40.7 Å². The fraction of sp³-hybridized carbons (Fsp3) is 0.436. The SMILES string of the molecule is C#Cc1cccc2cc(O)cc(-c3ncc4c(N5CC6CCC(C5)N6)nc(OC[C@@H]5CCCN5CCC(=O)N[C@@H](C(=O)N5C[C@@H](O)C[C@@H]5C(=O)NCc5ccc(-c6scnc6C)cc5)C(C)(C)C)nc4c3F)c12. The third-order valence-electron chi connectivity index (χ3n) is 14.8. The van der Waals surface area contributed by atoms with Gasteiger partial charge >= 0.3 is 6.01 Å². The van der Waals surface area contributed by atoms with Gasteiger partial charge in [-0.2, -0.15) is 9.97 Å². The van der Waals surface area contributed by atoms with Gasteiger partial charge in [-0.15, -0.1) is 17.8 Å². The first-order chi connectivity index (χ1) is 35.1. The van der Waals surface area contributed by atoms with E-state index in [0.29, 0.717) is 52.7 Å². The number of aromatic hydroxyl groups is 1. The summed E-state index contributed by atoms with van der Waals surface area (Å²) in [6.07, 6.45) is 10.5. The number of piperazine rings is 1. The number of fused-ring (bicyclic) bond motifs is 4. The molecular formula is C55H61FN10O6S. The van der Waals surface area contributed by atoms with E-state index < -0.39 is 35.3 Å². The maximum absolute atomic E-state index is 17.2. The number of benzene rings is 3. The molecule has 0 radical (unpaired) electrons. The van der Waals surface area contributed by atoms with Crippen LogP contribution in [-0.4, -0.2) is 133 Å². The van der Waals surface area contributed by atoms with Gasteiger partial charge in [0.25, 0.3) is 0 Å². The number of carbonyl (C=O) groups is 3. The maximum Gasteiger partial charge on any atom is 0.319 e. The van der Waals surface area contributed by atoms with Gasteiger partial charge in [-0.3, -0.25) is 24.3 Å². The number of carbonyl (C=O) groups excluding carboxylic acids is 3. The zero-order chi connectivity index (χ0) is 51.1. The number of β-amino-alcohol motifs (C(OH)–C–C–N with tert-alkyl or cyclic N) is 1. The summed E-state index contributed by atoms with van der Waals surface area (Å²) in [6, 6.07) is 14.9. The van der Waals surface area contributed by atoms with Crippen molar-refractivity contribution in [2.45, 2.75) is 109 Å². The number of aromatic nitrogens is 4. The molecule has 73 heavy (non-hydrogen) atoms. The van der Waals surface area contributed by atoms with Crippen LogP contribution in [0.5, 0.6) is 11.8 Å². The quantitative estimate of drug-likeness (QED) is 0.0788. The molecule has 4 aliphatic rings. The summed E-state index contributed by atoms with van der Waals surface area (Å²) in [6.45, 7) is 10.4. The van der Waals surface area contributed by atoms with Gasteiger partial charge in [0.1, 0.15) is 41.5 Å². The normalized spacial score (nSPS) is 21.4. The monoisotopic (exact) mass is 1010 g/mol. The lowest BCUT2D eigenvalue weighted by Gasteiger charge is -2.35. The van der Waals surface area contributed by atoms with Crippen LogP contribution in [0.4, 0.5) is 10.2 Å². The molecule has 380 valence electrons. The molecule has 4 fully saturated rings. The van der Waals surface area contributed by atoms with Crippen molar-refractivity contribution in [2.75, 3.05) is 44.2 Å². The van der Waals surface area contributed by atoms with E-state index in [1.807, 2.05) is 57.5 Å². The molecule has 3 amide bonds. The lowest BCUT2D eigenvalue weighted by Crippen LogP contribution is -2.58. The number of likely N-dealkylation sites (tertiary alicyclic amines) is 2. The number of nitrogens with one attached hydrogen (secondary N) is 3. The first-order valence-corrected chi connectivity index (χ1v) is 26.0. The number of anilines is 1. The van der Waals surface area contributed by atoms with Crippen molar-refractivity contribution in [3.8, 4) is 45.8 Å². The Bertz CT molecular complexity index is 3110. The number of thiazole rings is 1. The molecule has 18 heteroatoms. The average molecular weight is 1010 g/mol. The molecule has 4 saturated heterocycles. The van der Waals surface area contributed by atoms with Crippen LogP contribution < -0.4 is 25.6 Å². The van der Waals surface area contributed by atoms with Crippen LogP contribution in [0.1, 0.15) is 76.1 Å². The Morgan fingerprint density at radius 1 is 1.04 bits per heavy atom. The highest BCUT2D eigenvalue weighted by molar-refractivity contribution is 7.13. The summed E-state index contributed by atoms with van der Waals surface area (Å²) in [5.41, 5.74) is 4.89. The van der Waals surface area contributed by atoms with Crippen LogP contribution in [0.3, 0.4) is 0 Å². The molecule has 5 N–H and O–H groups in total. The van der Waals surface area contributed by atoms with Gasteiger partial charge in [0.05, 0.1) is 27.6 Å². The number of hydrogen-bond acceptors (Lipinski definition) is 14. The third-order valence-corrected chi connectivity index (χ3v) is 15.8. The molecule has 10 rings (SSSR count). The molecule has 6 atom stereocenters. The molecule has 6 aromatic rings. The zero-order valence-corrected chi connectivity index (χ0v) is 42.3.